The van der Waals surface area contributed by atoms with Gasteiger partial charge in [-0.1, -0.05) is 24.3 Å². The number of carbonyl (C=O) groups excluding carboxylic acids is 1. The zero-order valence-corrected chi connectivity index (χ0v) is 12.8. The zero-order valence-electron chi connectivity index (χ0n) is 12.8. The number of halogens is 1. The number of aliphatic carboxylic acids is 1. The van der Waals surface area contributed by atoms with Gasteiger partial charge in [-0.05, 0) is 37.0 Å². The number of likely N-dealkylation sites (tertiary alicyclic amines) is 1. The van der Waals surface area contributed by atoms with Crippen LogP contribution in [0.4, 0.5) is 4.39 Å². The van der Waals surface area contributed by atoms with Crippen LogP contribution in [-0.2, 0) is 9.59 Å². The first-order valence-corrected chi connectivity index (χ1v) is 7.61. The molecule has 1 aliphatic rings. The third-order valence-electron chi connectivity index (χ3n) is 3.99. The summed E-state index contributed by atoms with van der Waals surface area (Å²) in [7, 11) is 0. The van der Waals surface area contributed by atoms with Gasteiger partial charge >= 0.3 is 5.97 Å². The number of carboxylic acid groups (broad SMARTS) is 1. The minimum atomic E-state index is -1.04. The lowest BCUT2D eigenvalue weighted by Crippen LogP contribution is -2.44. The van der Waals surface area contributed by atoms with Crippen LogP contribution in [0.15, 0.2) is 49.1 Å². The van der Waals surface area contributed by atoms with E-state index in [0.29, 0.717) is 6.42 Å². The summed E-state index contributed by atoms with van der Waals surface area (Å²) in [6, 6.07) is 5.65. The largest absolute Gasteiger partial charge is 0.478 e. The van der Waals surface area contributed by atoms with Crippen LogP contribution >= 0.6 is 0 Å². The fraction of sp³-hybridized carbons (Fsp3) is 0.333. The van der Waals surface area contributed by atoms with E-state index in [2.05, 4.69) is 6.58 Å². The summed E-state index contributed by atoms with van der Waals surface area (Å²) < 4.78 is 13.1. The van der Waals surface area contributed by atoms with Gasteiger partial charge in [0.25, 0.3) is 0 Å². The molecule has 1 aromatic carbocycles. The van der Waals surface area contributed by atoms with Gasteiger partial charge < -0.3 is 10.0 Å². The van der Waals surface area contributed by atoms with E-state index in [0.717, 1.165) is 24.5 Å². The fourth-order valence-electron chi connectivity index (χ4n) is 3.01. The van der Waals surface area contributed by atoms with Crippen LogP contribution in [-0.4, -0.2) is 27.9 Å². The van der Waals surface area contributed by atoms with Crippen molar-refractivity contribution in [2.24, 2.45) is 0 Å². The summed E-state index contributed by atoms with van der Waals surface area (Å²) in [4.78, 5) is 25.0. The average Bonchev–Trinajstić information content (AvgIpc) is 2.53. The second-order valence-corrected chi connectivity index (χ2v) is 5.56. The van der Waals surface area contributed by atoms with Crippen LogP contribution in [0.1, 0.15) is 37.3 Å². The molecule has 1 fully saturated rings. The summed E-state index contributed by atoms with van der Waals surface area (Å²) in [5, 5.41) is 8.84. The number of carbonyl (C=O) groups is 2. The second-order valence-electron chi connectivity index (χ2n) is 5.56. The topological polar surface area (TPSA) is 57.6 Å². The standard InChI is InChI=1S/C18H20FNO3/c1-2-4-17(21)20-15(11-12-18(22)23)5-3-6-16(20)13-7-9-14(19)10-8-13/h2,7-12,15-16H,1,3-6H2,(H,22,23)/b12-11-/t15-,16+/m1/s1. The molecule has 0 spiro atoms. The lowest BCUT2D eigenvalue weighted by Gasteiger charge is -2.41. The van der Waals surface area contributed by atoms with E-state index in [-0.39, 0.29) is 30.2 Å². The van der Waals surface area contributed by atoms with Crippen molar-refractivity contribution in [3.63, 3.8) is 0 Å². The first kappa shape index (κ1) is 16.9. The maximum absolute atomic E-state index is 13.1. The molecule has 1 N–H and O–H groups in total. The Morgan fingerprint density at radius 3 is 2.61 bits per heavy atom. The maximum atomic E-state index is 13.1. The van der Waals surface area contributed by atoms with Crippen LogP contribution in [0.3, 0.4) is 0 Å². The van der Waals surface area contributed by atoms with Crippen molar-refractivity contribution in [3.8, 4) is 0 Å². The molecule has 0 aromatic heterocycles. The highest BCUT2D eigenvalue weighted by Gasteiger charge is 2.33. The molecule has 23 heavy (non-hydrogen) atoms. The van der Waals surface area contributed by atoms with Gasteiger partial charge in [-0.3, -0.25) is 4.79 Å². The van der Waals surface area contributed by atoms with Crippen molar-refractivity contribution in [2.45, 2.75) is 37.8 Å². The van der Waals surface area contributed by atoms with E-state index in [1.807, 2.05) is 0 Å². The number of amides is 1. The second kappa shape index (κ2) is 7.72. The molecule has 4 nitrogen and oxygen atoms in total. The molecule has 1 aromatic rings. The summed E-state index contributed by atoms with van der Waals surface area (Å²) >= 11 is 0. The third kappa shape index (κ3) is 4.28. The number of hydrogen-bond acceptors (Lipinski definition) is 2. The van der Waals surface area contributed by atoms with Gasteiger partial charge in [0.05, 0.1) is 12.1 Å². The molecule has 0 unspecified atom stereocenters. The van der Waals surface area contributed by atoms with Crippen molar-refractivity contribution in [3.05, 3.63) is 60.5 Å². The Hall–Kier alpha value is -2.43. The van der Waals surface area contributed by atoms with Crippen LogP contribution in [0.2, 0.25) is 0 Å². The van der Waals surface area contributed by atoms with E-state index in [1.165, 1.54) is 18.2 Å². The van der Waals surface area contributed by atoms with Gasteiger partial charge in [-0.15, -0.1) is 6.58 Å². The quantitative estimate of drug-likeness (QED) is 0.668. The highest BCUT2D eigenvalue weighted by molar-refractivity contribution is 5.81. The molecular weight excluding hydrogens is 297 g/mol. The third-order valence-corrected chi connectivity index (χ3v) is 3.99. The summed E-state index contributed by atoms with van der Waals surface area (Å²) in [5.74, 6) is -1.46. The SMILES string of the molecule is C=CCC(=O)N1[C@@H](/C=C\C(=O)O)CCC[C@H]1c1ccc(F)cc1. The van der Waals surface area contributed by atoms with Gasteiger partial charge in [0.1, 0.15) is 5.82 Å². The highest BCUT2D eigenvalue weighted by Crippen LogP contribution is 2.35. The summed E-state index contributed by atoms with van der Waals surface area (Å²) in [6.45, 7) is 3.59. The highest BCUT2D eigenvalue weighted by atomic mass is 19.1. The van der Waals surface area contributed by atoms with Crippen molar-refractivity contribution in [1.82, 2.24) is 4.90 Å². The predicted molar refractivity (Wildman–Crippen MR) is 85.2 cm³/mol. The van der Waals surface area contributed by atoms with Crippen LogP contribution < -0.4 is 0 Å². The first-order chi connectivity index (χ1) is 11.0. The Morgan fingerprint density at radius 1 is 1.30 bits per heavy atom. The smallest absolute Gasteiger partial charge is 0.328 e. The molecule has 0 saturated carbocycles. The molecule has 122 valence electrons. The normalized spacial score (nSPS) is 21.3. The molecule has 2 rings (SSSR count). The maximum Gasteiger partial charge on any atom is 0.328 e. The molecule has 1 heterocycles. The van der Waals surface area contributed by atoms with Crippen molar-refractivity contribution >= 4 is 11.9 Å². The van der Waals surface area contributed by atoms with E-state index in [1.54, 1.807) is 23.1 Å². The van der Waals surface area contributed by atoms with Gasteiger partial charge in [-0.2, -0.15) is 0 Å². The molecule has 1 aliphatic heterocycles. The first-order valence-electron chi connectivity index (χ1n) is 7.61. The molecular formula is C18H20FNO3. The van der Waals surface area contributed by atoms with Gasteiger partial charge in [0.15, 0.2) is 0 Å². The Kier molecular flexibility index (Phi) is 5.68. The van der Waals surface area contributed by atoms with Gasteiger partial charge in [0, 0.05) is 12.5 Å². The number of piperidine rings is 1. The van der Waals surface area contributed by atoms with Crippen LogP contribution in [0.5, 0.6) is 0 Å². The number of nitrogens with zero attached hydrogens (tertiary/aromatic N) is 1. The lowest BCUT2D eigenvalue weighted by atomic mass is 9.90. The van der Waals surface area contributed by atoms with Gasteiger partial charge in [-0.25, -0.2) is 9.18 Å². The Bertz CT molecular complexity index is 609. The molecule has 1 saturated heterocycles. The minimum absolute atomic E-state index is 0.103. The van der Waals surface area contributed by atoms with E-state index < -0.39 is 5.97 Å². The average molecular weight is 317 g/mol. The number of rotatable bonds is 5. The van der Waals surface area contributed by atoms with Crippen LogP contribution in [0, 0.1) is 5.82 Å². The Balaban J connectivity index is 2.33. The predicted octanol–water partition coefficient (Wildman–Crippen LogP) is 3.46. The Labute approximate surface area is 134 Å². The van der Waals surface area contributed by atoms with Crippen molar-refractivity contribution < 1.29 is 19.1 Å². The molecule has 5 heteroatoms. The number of carboxylic acids is 1. The Morgan fingerprint density at radius 2 is 2.00 bits per heavy atom. The van der Waals surface area contributed by atoms with E-state index in [9.17, 15) is 14.0 Å². The van der Waals surface area contributed by atoms with Gasteiger partial charge in [0.2, 0.25) is 5.91 Å². The molecule has 1 amide bonds. The number of benzene rings is 1. The lowest BCUT2D eigenvalue weighted by molar-refractivity contribution is -0.136. The summed E-state index contributed by atoms with van der Waals surface area (Å²) in [6.07, 6.45) is 6.71. The molecule has 0 aliphatic carbocycles. The van der Waals surface area contributed by atoms with E-state index >= 15 is 0 Å². The van der Waals surface area contributed by atoms with Crippen molar-refractivity contribution in [2.75, 3.05) is 0 Å². The molecule has 0 radical (unpaired) electrons. The molecule has 0 bridgehead atoms. The zero-order chi connectivity index (χ0) is 16.8. The monoisotopic (exact) mass is 317 g/mol. The number of hydrogen-bond donors (Lipinski definition) is 1. The van der Waals surface area contributed by atoms with E-state index in [4.69, 9.17) is 5.11 Å². The molecule has 2 atom stereocenters. The van der Waals surface area contributed by atoms with Crippen molar-refractivity contribution in [1.29, 1.82) is 0 Å². The summed E-state index contributed by atoms with van der Waals surface area (Å²) in [5.41, 5.74) is 0.859. The fourth-order valence-corrected chi connectivity index (χ4v) is 3.01. The van der Waals surface area contributed by atoms with Crippen LogP contribution in [0.25, 0.3) is 0 Å². The minimum Gasteiger partial charge on any atom is -0.478 e.